The largest absolute Gasteiger partial charge is 0.392 e. The van der Waals surface area contributed by atoms with Gasteiger partial charge < -0.3 is 15.3 Å². The number of hydrogen-bond donors (Lipinski definition) is 2. The van der Waals surface area contributed by atoms with Gasteiger partial charge in [-0.05, 0) is 25.7 Å². The Balaban J connectivity index is 0.00000128. The van der Waals surface area contributed by atoms with E-state index in [1.54, 1.807) is 0 Å². The maximum atomic E-state index is 12.1. The van der Waals surface area contributed by atoms with E-state index in [-0.39, 0.29) is 30.5 Å². The van der Waals surface area contributed by atoms with Crippen molar-refractivity contribution in [2.24, 2.45) is 5.92 Å². The first-order valence-electron chi connectivity index (χ1n) is 5.81. The Labute approximate surface area is 103 Å². The number of likely N-dealkylation sites (tertiary alicyclic amines) is 1. The number of β-amino-alcohol motifs (C(OH)–C–C–N with tert-alkyl or cyclic N) is 1. The standard InChI is InChI=1S/C11H20N2O2.ClH/c1-7-3-4-13(8(7)2)11(15)10-5-9(14)6-12-10;/h7-10,12,14H,3-6H2,1-2H3;1H. The summed E-state index contributed by atoms with van der Waals surface area (Å²) in [5, 5.41) is 12.5. The summed E-state index contributed by atoms with van der Waals surface area (Å²) in [5.74, 6) is 0.767. The highest BCUT2D eigenvalue weighted by Gasteiger charge is 2.37. The van der Waals surface area contributed by atoms with E-state index < -0.39 is 0 Å². The van der Waals surface area contributed by atoms with Crippen LogP contribution in [0.5, 0.6) is 0 Å². The summed E-state index contributed by atoms with van der Waals surface area (Å²) in [7, 11) is 0. The van der Waals surface area contributed by atoms with E-state index >= 15 is 0 Å². The number of nitrogens with one attached hydrogen (secondary N) is 1. The topological polar surface area (TPSA) is 52.6 Å². The Kier molecular flexibility index (Phi) is 4.59. The highest BCUT2D eigenvalue weighted by atomic mass is 35.5. The molecule has 4 atom stereocenters. The van der Waals surface area contributed by atoms with Crippen molar-refractivity contribution in [3.8, 4) is 0 Å². The van der Waals surface area contributed by atoms with Gasteiger partial charge in [0, 0.05) is 19.1 Å². The van der Waals surface area contributed by atoms with Gasteiger partial charge in [0.05, 0.1) is 12.1 Å². The SMILES string of the molecule is CC1CCN(C(=O)C2CC(O)CN2)C1C.Cl. The lowest BCUT2D eigenvalue weighted by Crippen LogP contribution is -2.45. The molecule has 5 heteroatoms. The van der Waals surface area contributed by atoms with Crippen LogP contribution in [-0.2, 0) is 4.79 Å². The number of rotatable bonds is 1. The smallest absolute Gasteiger partial charge is 0.240 e. The Hall–Kier alpha value is -0.320. The molecule has 0 bridgehead atoms. The lowest BCUT2D eigenvalue weighted by molar-refractivity contribution is -0.134. The number of halogens is 1. The molecule has 2 N–H and O–H groups in total. The maximum absolute atomic E-state index is 12.1. The molecule has 0 radical (unpaired) electrons. The molecule has 2 rings (SSSR count). The zero-order valence-electron chi connectivity index (χ0n) is 9.85. The Morgan fingerprint density at radius 1 is 1.44 bits per heavy atom. The summed E-state index contributed by atoms with van der Waals surface area (Å²) in [5.41, 5.74) is 0. The number of aliphatic hydroxyl groups excluding tert-OH is 1. The van der Waals surface area contributed by atoms with Gasteiger partial charge in [-0.3, -0.25) is 4.79 Å². The summed E-state index contributed by atoms with van der Waals surface area (Å²) < 4.78 is 0. The van der Waals surface area contributed by atoms with Gasteiger partial charge in [0.1, 0.15) is 0 Å². The molecule has 2 saturated heterocycles. The summed E-state index contributed by atoms with van der Waals surface area (Å²) in [6.07, 6.45) is 1.31. The second kappa shape index (κ2) is 5.34. The van der Waals surface area contributed by atoms with Crippen LogP contribution in [0.15, 0.2) is 0 Å². The van der Waals surface area contributed by atoms with Gasteiger partial charge in [-0.15, -0.1) is 12.4 Å². The van der Waals surface area contributed by atoms with E-state index in [1.807, 2.05) is 4.90 Å². The molecule has 1 amide bonds. The van der Waals surface area contributed by atoms with E-state index in [9.17, 15) is 9.90 Å². The number of carbonyl (C=O) groups is 1. The molecule has 94 valence electrons. The molecule has 0 aromatic rings. The molecule has 2 aliphatic rings. The number of carbonyl (C=O) groups excluding carboxylic acids is 1. The minimum atomic E-state index is -0.353. The molecule has 16 heavy (non-hydrogen) atoms. The highest BCUT2D eigenvalue weighted by Crippen LogP contribution is 2.25. The van der Waals surface area contributed by atoms with Crippen molar-refractivity contribution >= 4 is 18.3 Å². The first kappa shape index (κ1) is 13.7. The van der Waals surface area contributed by atoms with Crippen molar-refractivity contribution in [1.29, 1.82) is 0 Å². The van der Waals surface area contributed by atoms with Gasteiger partial charge >= 0.3 is 0 Å². The summed E-state index contributed by atoms with van der Waals surface area (Å²) in [4.78, 5) is 14.1. The maximum Gasteiger partial charge on any atom is 0.240 e. The monoisotopic (exact) mass is 248 g/mol. The average molecular weight is 249 g/mol. The quantitative estimate of drug-likeness (QED) is 0.706. The van der Waals surface area contributed by atoms with Gasteiger partial charge in [0.25, 0.3) is 0 Å². The fraction of sp³-hybridized carbons (Fsp3) is 0.909. The van der Waals surface area contributed by atoms with Crippen molar-refractivity contribution in [2.45, 2.75) is 44.9 Å². The molecule has 0 aromatic heterocycles. The summed E-state index contributed by atoms with van der Waals surface area (Å²) >= 11 is 0. The molecule has 0 aliphatic carbocycles. The lowest BCUT2D eigenvalue weighted by Gasteiger charge is -2.26. The highest BCUT2D eigenvalue weighted by molar-refractivity contribution is 5.85. The molecule has 0 spiro atoms. The van der Waals surface area contributed by atoms with E-state index in [0.29, 0.717) is 24.9 Å². The number of nitrogens with zero attached hydrogens (tertiary/aromatic N) is 1. The fourth-order valence-corrected chi connectivity index (χ4v) is 2.51. The Bertz CT molecular complexity index is 262. The van der Waals surface area contributed by atoms with Crippen LogP contribution in [0.4, 0.5) is 0 Å². The first-order chi connectivity index (χ1) is 7.09. The third kappa shape index (κ3) is 2.50. The van der Waals surface area contributed by atoms with Crippen LogP contribution in [-0.4, -0.2) is 47.2 Å². The molecular weight excluding hydrogens is 228 g/mol. The van der Waals surface area contributed by atoms with Crippen molar-refractivity contribution in [2.75, 3.05) is 13.1 Å². The third-order valence-corrected chi connectivity index (χ3v) is 3.83. The van der Waals surface area contributed by atoms with Crippen LogP contribution < -0.4 is 5.32 Å². The van der Waals surface area contributed by atoms with Gasteiger partial charge in [-0.2, -0.15) is 0 Å². The van der Waals surface area contributed by atoms with Crippen molar-refractivity contribution in [3.63, 3.8) is 0 Å². The number of hydrogen-bond acceptors (Lipinski definition) is 3. The second-order valence-corrected chi connectivity index (χ2v) is 4.89. The van der Waals surface area contributed by atoms with Crippen molar-refractivity contribution in [1.82, 2.24) is 10.2 Å². The molecule has 2 aliphatic heterocycles. The lowest BCUT2D eigenvalue weighted by atomic mass is 10.0. The predicted octanol–water partition coefficient (Wildman–Crippen LogP) is 0.388. The predicted molar refractivity (Wildman–Crippen MR) is 64.6 cm³/mol. The van der Waals surface area contributed by atoms with Crippen LogP contribution in [0.1, 0.15) is 26.7 Å². The number of amides is 1. The number of aliphatic hydroxyl groups is 1. The molecule has 2 heterocycles. The fourth-order valence-electron chi connectivity index (χ4n) is 2.51. The molecule has 2 fully saturated rings. The van der Waals surface area contributed by atoms with Crippen LogP contribution in [0.25, 0.3) is 0 Å². The van der Waals surface area contributed by atoms with Gasteiger partial charge in [-0.1, -0.05) is 6.92 Å². The summed E-state index contributed by atoms with van der Waals surface area (Å²) in [6.45, 7) is 5.72. The Morgan fingerprint density at radius 2 is 2.12 bits per heavy atom. The minimum Gasteiger partial charge on any atom is -0.392 e. The minimum absolute atomic E-state index is 0. The average Bonchev–Trinajstić information content (AvgIpc) is 2.75. The molecule has 0 aromatic carbocycles. The van der Waals surface area contributed by atoms with E-state index in [1.165, 1.54) is 0 Å². The second-order valence-electron chi connectivity index (χ2n) is 4.89. The van der Waals surface area contributed by atoms with Crippen LogP contribution in [0.2, 0.25) is 0 Å². The summed E-state index contributed by atoms with van der Waals surface area (Å²) in [6, 6.07) is 0.185. The Morgan fingerprint density at radius 3 is 2.56 bits per heavy atom. The van der Waals surface area contributed by atoms with Crippen LogP contribution in [0.3, 0.4) is 0 Å². The normalized spacial score (nSPS) is 38.6. The van der Waals surface area contributed by atoms with Crippen LogP contribution in [0, 0.1) is 5.92 Å². The van der Waals surface area contributed by atoms with Crippen molar-refractivity contribution in [3.05, 3.63) is 0 Å². The van der Waals surface area contributed by atoms with Crippen LogP contribution >= 0.6 is 12.4 Å². The van der Waals surface area contributed by atoms with Gasteiger partial charge in [0.2, 0.25) is 5.91 Å². The van der Waals surface area contributed by atoms with E-state index in [0.717, 1.165) is 13.0 Å². The van der Waals surface area contributed by atoms with Gasteiger partial charge in [0.15, 0.2) is 0 Å². The molecule has 4 nitrogen and oxygen atoms in total. The van der Waals surface area contributed by atoms with Crippen molar-refractivity contribution < 1.29 is 9.90 Å². The molecular formula is C11H21ClN2O2. The molecule has 4 unspecified atom stereocenters. The zero-order valence-corrected chi connectivity index (χ0v) is 10.7. The van der Waals surface area contributed by atoms with E-state index in [2.05, 4.69) is 19.2 Å². The van der Waals surface area contributed by atoms with Gasteiger partial charge in [-0.25, -0.2) is 0 Å². The third-order valence-electron chi connectivity index (χ3n) is 3.83. The zero-order chi connectivity index (χ0) is 11.0. The molecule has 0 saturated carbocycles. The first-order valence-corrected chi connectivity index (χ1v) is 5.81. The van der Waals surface area contributed by atoms with E-state index in [4.69, 9.17) is 0 Å².